The lowest BCUT2D eigenvalue weighted by molar-refractivity contribution is -0.0545. The van der Waals surface area contributed by atoms with Gasteiger partial charge in [-0.1, -0.05) is 15.9 Å². The van der Waals surface area contributed by atoms with Crippen LogP contribution in [0.2, 0.25) is 0 Å². The quantitative estimate of drug-likeness (QED) is 0.428. The summed E-state index contributed by atoms with van der Waals surface area (Å²) in [7, 11) is -5.44. The van der Waals surface area contributed by atoms with Crippen LogP contribution in [-0.4, -0.2) is 18.9 Å². The minimum absolute atomic E-state index is 1.11. The summed E-state index contributed by atoms with van der Waals surface area (Å²) in [5.74, 6) is 0. The molecule has 0 aliphatic carbocycles. The average Bonchev–Trinajstić information content (AvgIpc) is 1.56. The smallest absolute Gasteiger partial charge is 0.249 e. The summed E-state index contributed by atoms with van der Waals surface area (Å²) in [6, 6.07) is 0. The van der Waals surface area contributed by atoms with E-state index in [9.17, 15) is 21.6 Å². The Labute approximate surface area is 69.8 Å². The second-order valence-electron chi connectivity index (χ2n) is 1.54. The van der Waals surface area contributed by atoms with E-state index >= 15 is 0 Å². The van der Waals surface area contributed by atoms with E-state index in [0.717, 1.165) is 6.92 Å². The summed E-state index contributed by atoms with van der Waals surface area (Å²) in [4.78, 5) is 0. The van der Waals surface area contributed by atoms with Gasteiger partial charge in [-0.2, -0.15) is 21.6 Å². The molecular weight excluding hydrogens is 253 g/mol. The minimum Gasteiger partial charge on any atom is -0.249 e. The predicted octanol–water partition coefficient (Wildman–Crippen LogP) is 1.59. The molecule has 0 aromatic carbocycles. The van der Waals surface area contributed by atoms with Crippen LogP contribution in [0.1, 0.15) is 6.92 Å². The molecule has 0 radical (unpaired) electrons. The van der Waals surface area contributed by atoms with E-state index in [-0.39, 0.29) is 0 Å². The van der Waals surface area contributed by atoms with Crippen molar-refractivity contribution in [1.29, 1.82) is 0 Å². The summed E-state index contributed by atoms with van der Waals surface area (Å²) in [6.07, 6.45) is 0. The van der Waals surface area contributed by atoms with Gasteiger partial charge in [-0.3, -0.25) is 0 Å². The van der Waals surface area contributed by atoms with Crippen LogP contribution in [0.25, 0.3) is 0 Å². The highest BCUT2D eigenvalue weighted by Gasteiger charge is 2.47. The second-order valence-corrected chi connectivity index (χ2v) is 4.39. The number of halogens is 4. The van der Waals surface area contributed by atoms with Crippen molar-refractivity contribution in [2.24, 2.45) is 0 Å². The van der Waals surface area contributed by atoms with Crippen molar-refractivity contribution < 1.29 is 25.8 Å². The fourth-order valence-electron chi connectivity index (χ4n) is 0.229. The molecule has 68 valence electrons. The Balaban J connectivity index is 4.51. The normalized spacial score (nSPS) is 16.5. The van der Waals surface area contributed by atoms with Crippen LogP contribution in [0.5, 0.6) is 0 Å². The fraction of sp³-hybridized carbons (Fsp3) is 1.00. The van der Waals surface area contributed by atoms with Gasteiger partial charge >= 0.3 is 15.6 Å². The summed E-state index contributed by atoms with van der Waals surface area (Å²) in [5, 5.41) is -1.19. The zero-order chi connectivity index (χ0) is 9.28. The third-order valence-electron chi connectivity index (χ3n) is 0.543. The number of alkyl halides is 4. The van der Waals surface area contributed by atoms with Crippen LogP contribution in [0.15, 0.2) is 0 Å². The van der Waals surface area contributed by atoms with Gasteiger partial charge in [0.1, 0.15) is 5.01 Å². The monoisotopic (exact) mass is 256 g/mol. The first kappa shape index (κ1) is 11.2. The van der Waals surface area contributed by atoms with Crippen LogP contribution in [0.4, 0.5) is 13.2 Å². The Bertz CT molecular complexity index is 218. The van der Waals surface area contributed by atoms with Gasteiger partial charge in [0.05, 0.1) is 0 Å². The molecule has 0 amide bonds. The van der Waals surface area contributed by atoms with Crippen molar-refractivity contribution in [3.8, 4) is 0 Å². The highest BCUT2D eigenvalue weighted by Crippen LogP contribution is 2.26. The standard InChI is InChI=1S/C3H4BrF3O3S/c1-2(4)10-11(8,9)3(5,6)7/h2H,1H3. The SMILES string of the molecule is CC(Br)OS(=O)(=O)C(F)(F)F. The van der Waals surface area contributed by atoms with E-state index in [4.69, 9.17) is 0 Å². The van der Waals surface area contributed by atoms with E-state index in [1.54, 1.807) is 0 Å². The third-order valence-corrected chi connectivity index (χ3v) is 2.09. The average molecular weight is 257 g/mol. The van der Waals surface area contributed by atoms with E-state index in [1.165, 1.54) is 0 Å². The molecule has 1 unspecified atom stereocenters. The Morgan fingerprint density at radius 2 is 1.82 bits per heavy atom. The minimum atomic E-state index is -5.44. The van der Waals surface area contributed by atoms with Crippen molar-refractivity contribution in [1.82, 2.24) is 0 Å². The zero-order valence-electron chi connectivity index (χ0n) is 5.22. The molecule has 0 bridgehead atoms. The highest BCUT2D eigenvalue weighted by molar-refractivity contribution is 9.09. The summed E-state index contributed by atoms with van der Waals surface area (Å²) in [6.45, 7) is 1.11. The van der Waals surface area contributed by atoms with Crippen LogP contribution in [0.3, 0.4) is 0 Å². The lowest BCUT2D eigenvalue weighted by Gasteiger charge is -2.08. The van der Waals surface area contributed by atoms with Gasteiger partial charge in [-0.25, -0.2) is 4.18 Å². The predicted molar refractivity (Wildman–Crippen MR) is 34.4 cm³/mol. The maximum atomic E-state index is 11.5. The first-order valence-electron chi connectivity index (χ1n) is 2.30. The molecule has 0 aromatic heterocycles. The highest BCUT2D eigenvalue weighted by atomic mass is 79.9. The Morgan fingerprint density at radius 1 is 1.45 bits per heavy atom. The van der Waals surface area contributed by atoms with Gasteiger partial charge in [0, 0.05) is 0 Å². The molecule has 0 aliphatic heterocycles. The molecule has 0 fully saturated rings. The molecule has 1 atom stereocenters. The third kappa shape index (κ3) is 3.39. The fourth-order valence-corrected chi connectivity index (χ4v) is 1.29. The number of hydrogen-bond acceptors (Lipinski definition) is 3. The van der Waals surface area contributed by atoms with Gasteiger partial charge in [0.25, 0.3) is 0 Å². The van der Waals surface area contributed by atoms with Gasteiger partial charge < -0.3 is 0 Å². The van der Waals surface area contributed by atoms with Crippen molar-refractivity contribution in [3.63, 3.8) is 0 Å². The van der Waals surface area contributed by atoms with E-state index in [2.05, 4.69) is 20.1 Å². The molecule has 0 heterocycles. The number of rotatable bonds is 2. The first-order chi connectivity index (χ1) is 4.67. The maximum Gasteiger partial charge on any atom is 0.523 e. The Hall–Kier alpha value is 0.180. The van der Waals surface area contributed by atoms with Gasteiger partial charge in [-0.05, 0) is 6.92 Å². The van der Waals surface area contributed by atoms with Crippen LogP contribution in [0, 0.1) is 0 Å². The lowest BCUT2D eigenvalue weighted by atomic mass is 10.9. The molecule has 0 aromatic rings. The van der Waals surface area contributed by atoms with Gasteiger partial charge in [0.15, 0.2) is 0 Å². The van der Waals surface area contributed by atoms with Gasteiger partial charge in [0.2, 0.25) is 0 Å². The van der Waals surface area contributed by atoms with Crippen molar-refractivity contribution in [2.45, 2.75) is 17.4 Å². The van der Waals surface area contributed by atoms with Crippen LogP contribution >= 0.6 is 15.9 Å². The van der Waals surface area contributed by atoms with E-state index in [1.807, 2.05) is 0 Å². The molecule has 0 aliphatic rings. The van der Waals surface area contributed by atoms with Crippen molar-refractivity contribution in [3.05, 3.63) is 0 Å². The topological polar surface area (TPSA) is 43.4 Å². The first-order valence-corrected chi connectivity index (χ1v) is 4.63. The van der Waals surface area contributed by atoms with Crippen LogP contribution in [-0.2, 0) is 14.3 Å². The lowest BCUT2D eigenvalue weighted by Crippen LogP contribution is -2.27. The molecule has 3 nitrogen and oxygen atoms in total. The molecule has 11 heavy (non-hydrogen) atoms. The van der Waals surface area contributed by atoms with Crippen LogP contribution < -0.4 is 0 Å². The summed E-state index contributed by atoms with van der Waals surface area (Å²) in [5.41, 5.74) is -5.35. The Kier molecular flexibility index (Phi) is 3.33. The zero-order valence-corrected chi connectivity index (χ0v) is 7.62. The summed E-state index contributed by atoms with van der Waals surface area (Å²) < 4.78 is 58.1. The maximum absolute atomic E-state index is 11.5. The Morgan fingerprint density at radius 3 is 1.91 bits per heavy atom. The second kappa shape index (κ2) is 3.28. The molecule has 0 N–H and O–H groups in total. The molecular formula is C3H4BrF3O3S. The summed E-state index contributed by atoms with van der Waals surface area (Å²) >= 11 is 2.50. The molecule has 0 rings (SSSR count). The van der Waals surface area contributed by atoms with Gasteiger partial charge in [-0.15, -0.1) is 0 Å². The molecule has 0 saturated heterocycles. The van der Waals surface area contributed by atoms with E-state index < -0.39 is 20.6 Å². The molecule has 8 heteroatoms. The van der Waals surface area contributed by atoms with E-state index in [0.29, 0.717) is 0 Å². The number of hydrogen-bond donors (Lipinski definition) is 0. The molecule has 0 spiro atoms. The van der Waals surface area contributed by atoms with Crippen molar-refractivity contribution >= 4 is 26.0 Å². The van der Waals surface area contributed by atoms with Crippen molar-refractivity contribution in [2.75, 3.05) is 0 Å². The largest absolute Gasteiger partial charge is 0.523 e. The molecule has 0 saturated carbocycles.